The number of fused-ring (bicyclic) bond motifs is 1. The summed E-state index contributed by atoms with van der Waals surface area (Å²) in [5, 5.41) is 15.1. The highest BCUT2D eigenvalue weighted by molar-refractivity contribution is 7.17. The van der Waals surface area contributed by atoms with Crippen molar-refractivity contribution in [2.75, 3.05) is 5.32 Å². The van der Waals surface area contributed by atoms with Crippen LogP contribution in [0.2, 0.25) is 0 Å². The molecule has 18 heavy (non-hydrogen) atoms. The highest BCUT2D eigenvalue weighted by atomic mass is 32.1. The number of thiophene rings is 1. The first-order valence-electron chi connectivity index (χ1n) is 5.31. The van der Waals surface area contributed by atoms with Crippen molar-refractivity contribution in [2.24, 2.45) is 0 Å². The molecular formula is C13H8N4S. The topological polar surface area (TPSA) is 61.6 Å². The highest BCUT2D eigenvalue weighted by Gasteiger charge is 2.00. The summed E-state index contributed by atoms with van der Waals surface area (Å²) in [6, 6.07) is 10.1. The lowest BCUT2D eigenvalue weighted by Gasteiger charge is -2.04. The van der Waals surface area contributed by atoms with Crippen molar-refractivity contribution in [2.45, 2.75) is 0 Å². The van der Waals surface area contributed by atoms with Gasteiger partial charge in [-0.15, -0.1) is 11.3 Å². The van der Waals surface area contributed by atoms with Crippen LogP contribution < -0.4 is 5.32 Å². The van der Waals surface area contributed by atoms with Gasteiger partial charge in [-0.1, -0.05) is 0 Å². The van der Waals surface area contributed by atoms with Crippen molar-refractivity contribution in [3.63, 3.8) is 0 Å². The molecule has 3 rings (SSSR count). The minimum absolute atomic E-state index is 0.314. The lowest BCUT2D eigenvalue weighted by atomic mass is 10.2. The van der Waals surface area contributed by atoms with E-state index in [0.717, 1.165) is 5.69 Å². The monoisotopic (exact) mass is 252 g/mol. The Morgan fingerprint density at radius 1 is 1.17 bits per heavy atom. The molecule has 2 heterocycles. The number of nitrogens with one attached hydrogen (secondary N) is 1. The maximum absolute atomic E-state index is 8.64. The van der Waals surface area contributed by atoms with Gasteiger partial charge in [0.2, 0.25) is 0 Å². The van der Waals surface area contributed by atoms with Crippen LogP contribution in [0.3, 0.4) is 0 Å². The summed E-state index contributed by atoms with van der Waals surface area (Å²) >= 11 is 1.72. The second-order valence-electron chi connectivity index (χ2n) is 3.70. The first kappa shape index (κ1) is 10.7. The minimum Gasteiger partial charge on any atom is -0.339 e. The van der Waals surface area contributed by atoms with Crippen LogP contribution in [-0.2, 0) is 0 Å². The Balaban J connectivity index is 1.88. The van der Waals surface area contributed by atoms with E-state index in [9.17, 15) is 0 Å². The predicted molar refractivity (Wildman–Crippen MR) is 71.9 cm³/mol. The van der Waals surface area contributed by atoms with E-state index in [-0.39, 0.29) is 0 Å². The summed E-state index contributed by atoms with van der Waals surface area (Å²) in [4.78, 5) is 8.08. The fourth-order valence-electron chi connectivity index (χ4n) is 1.64. The SMILES string of the molecule is N#Cc1cnc(Nc2ccc3sccc3c2)cn1. The molecule has 0 amide bonds. The Labute approximate surface area is 108 Å². The Bertz CT molecular complexity index is 725. The van der Waals surface area contributed by atoms with E-state index in [2.05, 4.69) is 38.9 Å². The summed E-state index contributed by atoms with van der Waals surface area (Å²) in [6.07, 6.45) is 3.00. The zero-order valence-electron chi connectivity index (χ0n) is 9.29. The maximum atomic E-state index is 8.64. The van der Waals surface area contributed by atoms with Gasteiger partial charge in [0.15, 0.2) is 5.69 Å². The number of hydrogen-bond acceptors (Lipinski definition) is 5. The van der Waals surface area contributed by atoms with E-state index in [0.29, 0.717) is 11.5 Å². The summed E-state index contributed by atoms with van der Waals surface area (Å²) in [5.74, 6) is 0.628. The second-order valence-corrected chi connectivity index (χ2v) is 4.64. The Hall–Kier alpha value is -2.45. The van der Waals surface area contributed by atoms with Gasteiger partial charge < -0.3 is 5.32 Å². The number of anilines is 2. The smallest absolute Gasteiger partial charge is 0.158 e. The summed E-state index contributed by atoms with van der Waals surface area (Å²) in [5.41, 5.74) is 1.27. The minimum atomic E-state index is 0.314. The van der Waals surface area contributed by atoms with Gasteiger partial charge in [-0.05, 0) is 35.0 Å². The third-order valence-corrected chi connectivity index (χ3v) is 3.39. The maximum Gasteiger partial charge on any atom is 0.158 e. The molecule has 0 spiro atoms. The van der Waals surface area contributed by atoms with E-state index in [4.69, 9.17) is 5.26 Å². The standard InChI is InChI=1S/C13H8N4S/c14-6-11-7-16-13(8-15-11)17-10-1-2-12-9(5-10)3-4-18-12/h1-5,7-8H,(H,16,17). The van der Waals surface area contributed by atoms with Crippen LogP contribution in [0, 0.1) is 11.3 Å². The van der Waals surface area contributed by atoms with Crippen molar-refractivity contribution >= 4 is 32.9 Å². The van der Waals surface area contributed by atoms with Gasteiger partial charge in [-0.3, -0.25) is 0 Å². The normalized spacial score (nSPS) is 10.2. The first-order valence-corrected chi connectivity index (χ1v) is 6.19. The van der Waals surface area contributed by atoms with Gasteiger partial charge in [-0.2, -0.15) is 5.26 Å². The van der Waals surface area contributed by atoms with E-state index in [1.165, 1.54) is 16.3 Å². The molecule has 0 atom stereocenters. The van der Waals surface area contributed by atoms with Crippen LogP contribution in [0.1, 0.15) is 5.69 Å². The molecule has 0 unspecified atom stereocenters. The molecule has 0 aliphatic carbocycles. The van der Waals surface area contributed by atoms with Gasteiger partial charge >= 0.3 is 0 Å². The van der Waals surface area contributed by atoms with Crippen molar-refractivity contribution in [1.29, 1.82) is 5.26 Å². The Kier molecular flexibility index (Phi) is 2.63. The second kappa shape index (κ2) is 4.43. The van der Waals surface area contributed by atoms with Gasteiger partial charge in [0.25, 0.3) is 0 Å². The average molecular weight is 252 g/mol. The lowest BCUT2D eigenvalue weighted by molar-refractivity contribution is 1.16. The molecule has 2 aromatic heterocycles. The lowest BCUT2D eigenvalue weighted by Crippen LogP contribution is -1.95. The molecular weight excluding hydrogens is 244 g/mol. The van der Waals surface area contributed by atoms with E-state index < -0.39 is 0 Å². The molecule has 0 aliphatic heterocycles. The number of aromatic nitrogens is 2. The van der Waals surface area contributed by atoms with Gasteiger partial charge in [-0.25, -0.2) is 9.97 Å². The average Bonchev–Trinajstić information content (AvgIpc) is 2.87. The van der Waals surface area contributed by atoms with Crippen LogP contribution >= 0.6 is 11.3 Å². The number of nitriles is 1. The summed E-state index contributed by atoms with van der Waals surface area (Å²) < 4.78 is 1.26. The first-order chi connectivity index (χ1) is 8.85. The predicted octanol–water partition coefficient (Wildman–Crippen LogP) is 3.31. The van der Waals surface area contributed by atoms with Crippen LogP contribution in [-0.4, -0.2) is 9.97 Å². The molecule has 3 aromatic rings. The largest absolute Gasteiger partial charge is 0.339 e. The molecule has 4 nitrogen and oxygen atoms in total. The Morgan fingerprint density at radius 3 is 2.89 bits per heavy atom. The van der Waals surface area contributed by atoms with Crippen LogP contribution in [0.5, 0.6) is 0 Å². The van der Waals surface area contributed by atoms with Crippen molar-refractivity contribution in [3.05, 3.63) is 47.7 Å². The molecule has 0 aliphatic rings. The molecule has 0 radical (unpaired) electrons. The zero-order chi connectivity index (χ0) is 12.4. The van der Waals surface area contributed by atoms with E-state index in [1.54, 1.807) is 17.5 Å². The van der Waals surface area contributed by atoms with Crippen molar-refractivity contribution in [3.8, 4) is 6.07 Å². The van der Waals surface area contributed by atoms with Gasteiger partial charge in [0.1, 0.15) is 11.9 Å². The molecule has 1 aromatic carbocycles. The van der Waals surface area contributed by atoms with Crippen molar-refractivity contribution < 1.29 is 0 Å². The molecule has 5 heteroatoms. The summed E-state index contributed by atoms with van der Waals surface area (Å²) in [6.45, 7) is 0. The van der Waals surface area contributed by atoms with Crippen LogP contribution in [0.25, 0.3) is 10.1 Å². The number of nitrogens with zero attached hydrogens (tertiary/aromatic N) is 3. The number of hydrogen-bond donors (Lipinski definition) is 1. The quantitative estimate of drug-likeness (QED) is 0.760. The third kappa shape index (κ3) is 2.01. The zero-order valence-corrected chi connectivity index (χ0v) is 10.1. The molecule has 0 bridgehead atoms. The molecule has 86 valence electrons. The van der Waals surface area contributed by atoms with Crippen molar-refractivity contribution in [1.82, 2.24) is 9.97 Å². The van der Waals surface area contributed by atoms with E-state index in [1.807, 2.05) is 12.1 Å². The highest BCUT2D eigenvalue weighted by Crippen LogP contribution is 2.25. The fourth-order valence-corrected chi connectivity index (χ4v) is 2.41. The van der Waals surface area contributed by atoms with Crippen LogP contribution in [0.15, 0.2) is 42.0 Å². The van der Waals surface area contributed by atoms with Crippen LogP contribution in [0.4, 0.5) is 11.5 Å². The molecule has 0 fully saturated rings. The molecule has 0 saturated heterocycles. The molecule has 0 saturated carbocycles. The molecule has 1 N–H and O–H groups in total. The third-order valence-electron chi connectivity index (χ3n) is 2.49. The fraction of sp³-hybridized carbons (Fsp3) is 0. The number of benzene rings is 1. The van der Waals surface area contributed by atoms with Gasteiger partial charge in [0, 0.05) is 10.4 Å². The van der Waals surface area contributed by atoms with Gasteiger partial charge in [0.05, 0.1) is 12.4 Å². The summed E-state index contributed by atoms with van der Waals surface area (Å²) in [7, 11) is 0. The van der Waals surface area contributed by atoms with E-state index >= 15 is 0 Å². The number of rotatable bonds is 2. The Morgan fingerprint density at radius 2 is 2.11 bits per heavy atom.